The molecule has 3 N–H and O–H groups in total. The number of anilines is 4. The molecule has 0 radical (unpaired) electrons. The Labute approximate surface area is 218 Å². The molecule has 37 heavy (non-hydrogen) atoms. The van der Waals surface area contributed by atoms with E-state index in [0.717, 1.165) is 78.7 Å². The number of benzene rings is 1. The number of rotatable bonds is 7. The van der Waals surface area contributed by atoms with E-state index in [4.69, 9.17) is 24.4 Å². The minimum atomic E-state index is -0.316. The molecule has 3 fully saturated rings. The summed E-state index contributed by atoms with van der Waals surface area (Å²) in [6.07, 6.45) is 2.85. The van der Waals surface area contributed by atoms with Gasteiger partial charge in [-0.3, -0.25) is 9.80 Å². The summed E-state index contributed by atoms with van der Waals surface area (Å²) in [5.74, 6) is 1.27. The fraction of sp³-hybridized carbons (Fsp3) is 0.520. The summed E-state index contributed by atoms with van der Waals surface area (Å²) in [6, 6.07) is 8.01. The minimum Gasteiger partial charge on any atom is -0.447 e. The summed E-state index contributed by atoms with van der Waals surface area (Å²) in [6.45, 7) is 4.89. The lowest BCUT2D eigenvalue weighted by Gasteiger charge is -2.27. The average Bonchev–Trinajstić information content (AvgIpc) is 3.50. The van der Waals surface area contributed by atoms with Crippen molar-refractivity contribution >= 4 is 50.2 Å². The Morgan fingerprint density at radius 1 is 1.03 bits per heavy atom. The number of aromatic nitrogens is 3. The van der Waals surface area contributed by atoms with Gasteiger partial charge in [-0.2, -0.15) is 4.98 Å². The third-order valence-corrected chi connectivity index (χ3v) is 7.91. The van der Waals surface area contributed by atoms with Crippen molar-refractivity contribution in [2.24, 2.45) is 0 Å². The number of carbonyl (C=O) groups excluding carboxylic acids is 1. The van der Waals surface area contributed by atoms with Crippen molar-refractivity contribution in [3.8, 4) is 0 Å². The highest BCUT2D eigenvalue weighted by molar-refractivity contribution is 7.22. The van der Waals surface area contributed by atoms with Crippen LogP contribution in [-0.4, -0.2) is 82.7 Å². The molecule has 0 spiro atoms. The van der Waals surface area contributed by atoms with Crippen LogP contribution in [0, 0.1) is 0 Å². The Morgan fingerprint density at radius 2 is 1.86 bits per heavy atom. The number of nitrogens with zero attached hydrogens (tertiary/aromatic N) is 5. The van der Waals surface area contributed by atoms with Gasteiger partial charge in [0.05, 0.1) is 41.8 Å². The summed E-state index contributed by atoms with van der Waals surface area (Å²) in [4.78, 5) is 30.2. The van der Waals surface area contributed by atoms with Gasteiger partial charge in [0.15, 0.2) is 5.13 Å². The van der Waals surface area contributed by atoms with Gasteiger partial charge in [0.1, 0.15) is 12.4 Å². The summed E-state index contributed by atoms with van der Waals surface area (Å²) < 4.78 is 11.5. The van der Waals surface area contributed by atoms with Crippen LogP contribution in [0.4, 0.5) is 27.4 Å². The molecular weight excluding hydrogens is 494 g/mol. The van der Waals surface area contributed by atoms with Gasteiger partial charge in [0.25, 0.3) is 0 Å². The second-order valence-electron chi connectivity index (χ2n) is 9.67. The third-order valence-electron chi connectivity index (χ3n) is 6.98. The zero-order chi connectivity index (χ0) is 25.2. The van der Waals surface area contributed by atoms with Crippen molar-refractivity contribution in [2.75, 3.05) is 55.0 Å². The first-order valence-electron chi connectivity index (χ1n) is 12.8. The normalized spacial score (nSPS) is 22.8. The van der Waals surface area contributed by atoms with Gasteiger partial charge in [-0.1, -0.05) is 11.3 Å². The number of nitrogens with one attached hydrogen (secondary N) is 2. The Kier molecular flexibility index (Phi) is 7.05. The molecule has 1 saturated carbocycles. The van der Waals surface area contributed by atoms with Crippen LogP contribution in [-0.2, 0) is 16.0 Å². The molecule has 3 aliphatic rings. The quantitative estimate of drug-likeness (QED) is 0.423. The fourth-order valence-corrected chi connectivity index (χ4v) is 5.88. The molecule has 2 aromatic heterocycles. The zero-order valence-corrected chi connectivity index (χ0v) is 21.4. The Morgan fingerprint density at radius 3 is 2.65 bits per heavy atom. The minimum absolute atomic E-state index is 0.209. The number of thiazole rings is 1. The van der Waals surface area contributed by atoms with Crippen molar-refractivity contribution in [3.63, 3.8) is 0 Å². The van der Waals surface area contributed by atoms with Crippen LogP contribution in [0.25, 0.3) is 10.2 Å². The van der Waals surface area contributed by atoms with Gasteiger partial charge in [-0.25, -0.2) is 14.8 Å². The molecule has 1 amide bonds. The van der Waals surface area contributed by atoms with Crippen molar-refractivity contribution in [2.45, 2.75) is 44.4 Å². The highest BCUT2D eigenvalue weighted by Crippen LogP contribution is 2.32. The van der Waals surface area contributed by atoms with Crippen LogP contribution in [0.2, 0.25) is 0 Å². The topological polar surface area (TPSA) is 125 Å². The highest BCUT2D eigenvalue weighted by Gasteiger charge is 2.24. The van der Waals surface area contributed by atoms with Crippen molar-refractivity contribution in [1.29, 1.82) is 0 Å². The predicted molar refractivity (Wildman–Crippen MR) is 142 cm³/mol. The molecule has 2 saturated heterocycles. The molecule has 6 rings (SSSR count). The van der Waals surface area contributed by atoms with Crippen LogP contribution >= 0.6 is 11.3 Å². The van der Waals surface area contributed by atoms with E-state index in [-0.39, 0.29) is 18.2 Å². The monoisotopic (exact) mass is 525 g/mol. The number of aliphatic hydroxyl groups is 1. The van der Waals surface area contributed by atoms with Crippen molar-refractivity contribution in [1.82, 2.24) is 19.9 Å². The summed E-state index contributed by atoms with van der Waals surface area (Å²) in [5, 5.41) is 17.5. The molecule has 12 heteroatoms. The molecule has 11 nitrogen and oxygen atoms in total. The van der Waals surface area contributed by atoms with Gasteiger partial charge >= 0.3 is 6.09 Å². The van der Waals surface area contributed by atoms with Gasteiger partial charge in [0.2, 0.25) is 5.95 Å². The summed E-state index contributed by atoms with van der Waals surface area (Å²) in [7, 11) is 0. The number of hydrogen-bond acceptors (Lipinski definition) is 11. The predicted octanol–water partition coefficient (Wildman–Crippen LogP) is 3.33. The van der Waals surface area contributed by atoms with Gasteiger partial charge < -0.3 is 25.2 Å². The molecule has 196 valence electrons. The van der Waals surface area contributed by atoms with Crippen LogP contribution in [0.3, 0.4) is 0 Å². The molecule has 1 aliphatic carbocycles. The molecule has 2 aliphatic heterocycles. The molecule has 1 aromatic carbocycles. The number of aliphatic hydroxyl groups excluding tert-OH is 1. The molecular formula is C25H31N7O4S. The lowest BCUT2D eigenvalue weighted by molar-refractivity contribution is 0.0336. The largest absolute Gasteiger partial charge is 0.447 e. The first-order valence-corrected chi connectivity index (χ1v) is 13.7. The fourth-order valence-electron chi connectivity index (χ4n) is 4.97. The lowest BCUT2D eigenvalue weighted by Crippen LogP contribution is -2.36. The second kappa shape index (κ2) is 10.7. The highest BCUT2D eigenvalue weighted by atomic mass is 32.1. The maximum Gasteiger partial charge on any atom is 0.414 e. The standard InChI is InChI=1S/C25H31N7O4S/c33-19-4-1-16(2-5-19)26-23-27-17(15-31-7-10-35-11-8-31)13-22(29-23)30-24-28-20-6-3-18(14-21(20)37-24)32-9-12-36-25(32)34/h3,6,13-14,16,19,33H,1-2,4-5,7-12,15H2,(H2,26,27,28,29,30). The van der Waals surface area contributed by atoms with Crippen LogP contribution < -0.4 is 15.5 Å². The lowest BCUT2D eigenvalue weighted by atomic mass is 9.93. The maximum atomic E-state index is 12.0. The number of hydrogen-bond donors (Lipinski definition) is 3. The number of morpholine rings is 1. The van der Waals surface area contributed by atoms with E-state index in [1.807, 2.05) is 24.3 Å². The first-order chi connectivity index (χ1) is 18.1. The number of carbonyl (C=O) groups is 1. The van der Waals surface area contributed by atoms with Gasteiger partial charge in [0, 0.05) is 37.4 Å². The summed E-state index contributed by atoms with van der Waals surface area (Å²) in [5.41, 5.74) is 2.59. The molecule has 0 unspecified atom stereocenters. The van der Waals surface area contributed by atoms with Crippen LogP contribution in [0.5, 0.6) is 0 Å². The van der Waals surface area contributed by atoms with Crippen LogP contribution in [0.15, 0.2) is 24.3 Å². The first kappa shape index (κ1) is 24.3. The molecule has 0 bridgehead atoms. The zero-order valence-electron chi connectivity index (χ0n) is 20.6. The summed E-state index contributed by atoms with van der Waals surface area (Å²) >= 11 is 1.51. The van der Waals surface area contributed by atoms with Gasteiger partial charge in [-0.05, 0) is 43.9 Å². The Bertz CT molecular complexity index is 1260. The Balaban J connectivity index is 1.23. The van der Waals surface area contributed by atoms with E-state index in [1.54, 1.807) is 4.90 Å². The van der Waals surface area contributed by atoms with E-state index < -0.39 is 0 Å². The van der Waals surface area contributed by atoms with E-state index >= 15 is 0 Å². The smallest absolute Gasteiger partial charge is 0.414 e. The number of fused-ring (bicyclic) bond motifs is 1. The van der Waals surface area contributed by atoms with E-state index in [0.29, 0.717) is 31.5 Å². The third kappa shape index (κ3) is 5.77. The SMILES string of the molecule is O=C1OCCN1c1ccc2nc(Nc3cc(CN4CCOCC4)nc(NC4CCC(O)CC4)n3)sc2c1. The maximum absolute atomic E-state index is 12.0. The van der Waals surface area contributed by atoms with E-state index in [2.05, 4.69) is 15.5 Å². The van der Waals surface area contributed by atoms with Crippen molar-refractivity contribution < 1.29 is 19.4 Å². The van der Waals surface area contributed by atoms with Gasteiger partial charge in [-0.15, -0.1) is 0 Å². The van der Waals surface area contributed by atoms with Crippen molar-refractivity contribution in [3.05, 3.63) is 30.0 Å². The Hall–Kier alpha value is -3.06. The number of ether oxygens (including phenoxy) is 2. The number of cyclic esters (lactones) is 1. The van der Waals surface area contributed by atoms with Crippen LogP contribution in [0.1, 0.15) is 31.4 Å². The molecule has 0 atom stereocenters. The second-order valence-corrected chi connectivity index (χ2v) is 10.7. The average molecular weight is 526 g/mol. The van der Waals surface area contributed by atoms with E-state index in [1.165, 1.54) is 11.3 Å². The molecule has 4 heterocycles. The molecule has 3 aromatic rings. The number of amides is 1. The van der Waals surface area contributed by atoms with E-state index in [9.17, 15) is 9.90 Å².